The first-order valence-corrected chi connectivity index (χ1v) is 5.86. The minimum Gasteiger partial charge on any atom is -0.481 e. The van der Waals surface area contributed by atoms with Crippen molar-refractivity contribution in [1.82, 2.24) is 10.3 Å². The Bertz CT molecular complexity index is 444. The van der Waals surface area contributed by atoms with Crippen LogP contribution in [-0.2, 0) is 4.79 Å². The number of hydrogen-bond donors (Lipinski definition) is 2. The van der Waals surface area contributed by atoms with Crippen molar-refractivity contribution in [3.63, 3.8) is 0 Å². The lowest BCUT2D eigenvalue weighted by atomic mass is 10.0. The van der Waals surface area contributed by atoms with E-state index in [4.69, 9.17) is 5.11 Å². The monoisotopic (exact) mass is 250 g/mol. The average molecular weight is 250 g/mol. The van der Waals surface area contributed by atoms with Crippen LogP contribution in [0.1, 0.15) is 36.3 Å². The number of aliphatic carboxylic acids is 1. The molecule has 0 radical (unpaired) electrons. The summed E-state index contributed by atoms with van der Waals surface area (Å²) in [6, 6.07) is 3.16. The predicted molar refractivity (Wildman–Crippen MR) is 67.3 cm³/mol. The van der Waals surface area contributed by atoms with Crippen molar-refractivity contribution in [3.05, 3.63) is 29.6 Å². The number of carboxylic acids is 1. The van der Waals surface area contributed by atoms with Crippen LogP contribution in [0.15, 0.2) is 18.3 Å². The third kappa shape index (κ3) is 3.84. The molecule has 1 unspecified atom stereocenters. The molecule has 5 heteroatoms. The van der Waals surface area contributed by atoms with Gasteiger partial charge in [-0.2, -0.15) is 0 Å². The van der Waals surface area contributed by atoms with Gasteiger partial charge in [-0.3, -0.25) is 14.6 Å². The summed E-state index contributed by atoms with van der Waals surface area (Å²) < 4.78 is 0. The van der Waals surface area contributed by atoms with Crippen molar-refractivity contribution in [3.8, 4) is 0 Å². The van der Waals surface area contributed by atoms with Crippen molar-refractivity contribution in [1.29, 1.82) is 0 Å². The van der Waals surface area contributed by atoms with Gasteiger partial charge in [0.2, 0.25) is 0 Å². The summed E-state index contributed by atoms with van der Waals surface area (Å²) in [7, 11) is 0. The number of hydrogen-bond acceptors (Lipinski definition) is 3. The summed E-state index contributed by atoms with van der Waals surface area (Å²) in [6.07, 6.45) is 1.46. The molecule has 1 atom stereocenters. The molecule has 1 aromatic heterocycles. The van der Waals surface area contributed by atoms with Crippen LogP contribution in [0.2, 0.25) is 0 Å². The van der Waals surface area contributed by atoms with Gasteiger partial charge in [0.15, 0.2) is 0 Å². The number of aryl methyl sites for hydroxylation is 1. The highest BCUT2D eigenvalue weighted by atomic mass is 16.4. The molecule has 0 aliphatic rings. The van der Waals surface area contributed by atoms with Gasteiger partial charge in [0.1, 0.15) is 5.69 Å². The maximum atomic E-state index is 12.0. The molecule has 1 aromatic rings. The topological polar surface area (TPSA) is 79.3 Å². The normalized spacial score (nSPS) is 12.2. The lowest BCUT2D eigenvalue weighted by Gasteiger charge is -2.20. The molecular formula is C13H18N2O3. The molecule has 0 saturated carbocycles. The largest absolute Gasteiger partial charge is 0.481 e. The van der Waals surface area contributed by atoms with Gasteiger partial charge in [-0.25, -0.2) is 0 Å². The summed E-state index contributed by atoms with van der Waals surface area (Å²) in [4.78, 5) is 26.7. The standard InChI is InChI=1S/C13H18N2O3/c1-8(2)10(7-11(16)17)15-13(18)12-9(3)5-4-6-14-12/h4-6,8,10H,7H2,1-3H3,(H,15,18)(H,16,17). The van der Waals surface area contributed by atoms with Gasteiger partial charge in [-0.15, -0.1) is 0 Å². The van der Waals surface area contributed by atoms with Crippen LogP contribution < -0.4 is 5.32 Å². The summed E-state index contributed by atoms with van der Waals surface area (Å²) in [5, 5.41) is 11.5. The first-order valence-electron chi connectivity index (χ1n) is 5.86. The van der Waals surface area contributed by atoms with E-state index in [-0.39, 0.29) is 18.2 Å². The van der Waals surface area contributed by atoms with Gasteiger partial charge in [0.25, 0.3) is 5.91 Å². The Hall–Kier alpha value is -1.91. The highest BCUT2D eigenvalue weighted by molar-refractivity contribution is 5.94. The van der Waals surface area contributed by atoms with Gasteiger partial charge in [0.05, 0.1) is 6.42 Å². The number of nitrogens with zero attached hydrogens (tertiary/aromatic N) is 1. The molecule has 0 aliphatic carbocycles. The molecule has 98 valence electrons. The Morgan fingerprint density at radius 3 is 2.61 bits per heavy atom. The molecule has 1 heterocycles. The maximum absolute atomic E-state index is 12.0. The Balaban J connectivity index is 2.79. The Kier molecular flexibility index (Phi) is 4.83. The number of aromatic nitrogens is 1. The zero-order chi connectivity index (χ0) is 13.7. The van der Waals surface area contributed by atoms with Crippen molar-refractivity contribution in [2.24, 2.45) is 5.92 Å². The van der Waals surface area contributed by atoms with E-state index in [1.165, 1.54) is 0 Å². The average Bonchev–Trinajstić information content (AvgIpc) is 2.27. The fourth-order valence-electron chi connectivity index (χ4n) is 1.60. The minimum absolute atomic E-state index is 0.0501. The van der Waals surface area contributed by atoms with Crippen molar-refractivity contribution in [2.75, 3.05) is 0 Å². The number of amides is 1. The second kappa shape index (κ2) is 6.14. The number of carbonyl (C=O) groups is 2. The Morgan fingerprint density at radius 1 is 1.44 bits per heavy atom. The van der Waals surface area contributed by atoms with Crippen LogP contribution in [0.5, 0.6) is 0 Å². The molecule has 0 bridgehead atoms. The summed E-state index contributed by atoms with van der Waals surface area (Å²) >= 11 is 0. The zero-order valence-corrected chi connectivity index (χ0v) is 10.8. The fraction of sp³-hybridized carbons (Fsp3) is 0.462. The van der Waals surface area contributed by atoms with Crippen LogP contribution >= 0.6 is 0 Å². The van der Waals surface area contributed by atoms with Crippen LogP contribution in [0, 0.1) is 12.8 Å². The maximum Gasteiger partial charge on any atom is 0.305 e. The Labute approximate surface area is 106 Å². The number of pyridine rings is 1. The van der Waals surface area contributed by atoms with E-state index in [0.29, 0.717) is 5.69 Å². The third-order valence-corrected chi connectivity index (χ3v) is 2.74. The van der Waals surface area contributed by atoms with Crippen LogP contribution in [0.25, 0.3) is 0 Å². The quantitative estimate of drug-likeness (QED) is 0.832. The lowest BCUT2D eigenvalue weighted by Crippen LogP contribution is -2.40. The molecule has 1 rings (SSSR count). The minimum atomic E-state index is -0.924. The smallest absolute Gasteiger partial charge is 0.305 e. The molecule has 1 amide bonds. The molecule has 0 saturated heterocycles. The summed E-state index contributed by atoms with van der Waals surface area (Å²) in [5.74, 6) is -1.20. The van der Waals surface area contributed by atoms with Gasteiger partial charge >= 0.3 is 5.97 Å². The van der Waals surface area contributed by atoms with Gasteiger partial charge < -0.3 is 10.4 Å². The molecule has 5 nitrogen and oxygen atoms in total. The highest BCUT2D eigenvalue weighted by Crippen LogP contribution is 2.09. The lowest BCUT2D eigenvalue weighted by molar-refractivity contribution is -0.137. The molecule has 18 heavy (non-hydrogen) atoms. The van der Waals surface area contributed by atoms with Gasteiger partial charge in [-0.05, 0) is 24.5 Å². The molecule has 0 spiro atoms. The first-order chi connectivity index (χ1) is 8.41. The molecule has 0 aliphatic heterocycles. The molecule has 0 aromatic carbocycles. The van der Waals surface area contributed by atoms with E-state index in [1.807, 2.05) is 13.8 Å². The van der Waals surface area contributed by atoms with E-state index >= 15 is 0 Å². The van der Waals surface area contributed by atoms with Gasteiger partial charge in [-0.1, -0.05) is 19.9 Å². The third-order valence-electron chi connectivity index (χ3n) is 2.74. The second-order valence-electron chi connectivity index (χ2n) is 4.59. The first kappa shape index (κ1) is 14.2. The number of carbonyl (C=O) groups excluding carboxylic acids is 1. The molecule has 2 N–H and O–H groups in total. The number of rotatable bonds is 5. The van der Waals surface area contributed by atoms with E-state index in [9.17, 15) is 9.59 Å². The predicted octanol–water partition coefficient (Wildman–Crippen LogP) is 1.62. The second-order valence-corrected chi connectivity index (χ2v) is 4.59. The highest BCUT2D eigenvalue weighted by Gasteiger charge is 2.21. The van der Waals surface area contributed by atoms with Gasteiger partial charge in [0, 0.05) is 12.2 Å². The van der Waals surface area contributed by atoms with Crippen LogP contribution in [0.3, 0.4) is 0 Å². The van der Waals surface area contributed by atoms with Crippen LogP contribution in [0.4, 0.5) is 0 Å². The zero-order valence-electron chi connectivity index (χ0n) is 10.8. The van der Waals surface area contributed by atoms with E-state index < -0.39 is 12.0 Å². The van der Waals surface area contributed by atoms with E-state index in [2.05, 4.69) is 10.3 Å². The fourth-order valence-corrected chi connectivity index (χ4v) is 1.60. The van der Waals surface area contributed by atoms with E-state index in [0.717, 1.165) is 5.56 Å². The SMILES string of the molecule is Cc1cccnc1C(=O)NC(CC(=O)O)C(C)C. The van der Waals surface area contributed by atoms with Crippen LogP contribution in [-0.4, -0.2) is 28.0 Å². The number of nitrogens with one attached hydrogen (secondary N) is 1. The van der Waals surface area contributed by atoms with Crippen molar-refractivity contribution < 1.29 is 14.7 Å². The summed E-state index contributed by atoms with van der Waals surface area (Å²) in [6.45, 7) is 5.54. The molecular weight excluding hydrogens is 232 g/mol. The Morgan fingerprint density at radius 2 is 2.11 bits per heavy atom. The van der Waals surface area contributed by atoms with E-state index in [1.54, 1.807) is 25.3 Å². The summed E-state index contributed by atoms with van der Waals surface area (Å²) in [5.41, 5.74) is 1.11. The van der Waals surface area contributed by atoms with Crippen molar-refractivity contribution in [2.45, 2.75) is 33.2 Å². The van der Waals surface area contributed by atoms with Crippen molar-refractivity contribution >= 4 is 11.9 Å². The number of carboxylic acid groups (broad SMARTS) is 1. The molecule has 0 fully saturated rings.